The molecule has 1 aliphatic rings. The Bertz CT molecular complexity index is 656. The molecule has 0 amide bonds. The maximum absolute atomic E-state index is 13.7. The van der Waals surface area contributed by atoms with Gasteiger partial charge in [-0.05, 0) is 37.1 Å². The van der Waals surface area contributed by atoms with Crippen molar-refractivity contribution in [2.24, 2.45) is 0 Å². The van der Waals surface area contributed by atoms with Crippen LogP contribution in [0.3, 0.4) is 0 Å². The quantitative estimate of drug-likeness (QED) is 0.795. The van der Waals surface area contributed by atoms with Crippen LogP contribution in [0.25, 0.3) is 0 Å². The molecule has 0 radical (unpaired) electrons. The summed E-state index contributed by atoms with van der Waals surface area (Å²) >= 11 is 6.11. The van der Waals surface area contributed by atoms with Crippen LogP contribution in [0.1, 0.15) is 36.8 Å². The van der Waals surface area contributed by atoms with E-state index in [4.69, 9.17) is 16.3 Å². The van der Waals surface area contributed by atoms with Gasteiger partial charge in [-0.1, -0.05) is 42.6 Å². The third-order valence-corrected chi connectivity index (χ3v) is 4.54. The van der Waals surface area contributed by atoms with Crippen molar-refractivity contribution in [2.45, 2.75) is 44.9 Å². The molecule has 0 bridgehead atoms. The van der Waals surface area contributed by atoms with Crippen molar-refractivity contribution in [3.05, 3.63) is 64.4 Å². The average molecular weight is 334 g/mol. The van der Waals surface area contributed by atoms with E-state index in [0.29, 0.717) is 16.6 Å². The molecule has 4 heteroatoms. The molecular formula is C19H21ClFNO. The number of hydrogen-bond acceptors (Lipinski definition) is 2. The lowest BCUT2D eigenvalue weighted by molar-refractivity contribution is 0.295. The number of rotatable bonds is 6. The van der Waals surface area contributed by atoms with Gasteiger partial charge in [-0.2, -0.15) is 0 Å². The summed E-state index contributed by atoms with van der Waals surface area (Å²) in [5, 5.41) is 4.25. The number of ether oxygens (including phenoxy) is 1. The van der Waals surface area contributed by atoms with E-state index in [9.17, 15) is 4.39 Å². The predicted octanol–water partition coefficient (Wildman–Crippen LogP) is 5.09. The summed E-state index contributed by atoms with van der Waals surface area (Å²) in [4.78, 5) is 0. The third kappa shape index (κ3) is 4.46. The molecule has 0 aliphatic heterocycles. The Labute approximate surface area is 141 Å². The topological polar surface area (TPSA) is 21.3 Å². The van der Waals surface area contributed by atoms with E-state index >= 15 is 0 Å². The molecule has 2 nitrogen and oxygen atoms in total. The van der Waals surface area contributed by atoms with Gasteiger partial charge in [-0.3, -0.25) is 0 Å². The Kier molecular flexibility index (Phi) is 5.52. The molecule has 0 spiro atoms. The van der Waals surface area contributed by atoms with E-state index in [-0.39, 0.29) is 12.4 Å². The van der Waals surface area contributed by atoms with Crippen molar-refractivity contribution >= 4 is 11.6 Å². The Morgan fingerprint density at radius 2 is 1.87 bits per heavy atom. The smallest absolute Gasteiger partial charge is 0.129 e. The maximum atomic E-state index is 13.7. The molecule has 1 fully saturated rings. The minimum atomic E-state index is -0.243. The van der Waals surface area contributed by atoms with Crippen molar-refractivity contribution in [1.29, 1.82) is 0 Å². The molecule has 2 aromatic carbocycles. The van der Waals surface area contributed by atoms with Crippen LogP contribution in [0.2, 0.25) is 5.02 Å². The van der Waals surface area contributed by atoms with Gasteiger partial charge >= 0.3 is 0 Å². The molecule has 122 valence electrons. The van der Waals surface area contributed by atoms with Crippen molar-refractivity contribution in [1.82, 2.24) is 5.32 Å². The lowest BCUT2D eigenvalue weighted by Gasteiger charge is -2.16. The van der Waals surface area contributed by atoms with Crippen LogP contribution >= 0.6 is 11.6 Å². The Balaban J connectivity index is 1.67. The molecule has 2 aromatic rings. The second kappa shape index (κ2) is 7.80. The first-order chi connectivity index (χ1) is 11.2. The highest BCUT2D eigenvalue weighted by atomic mass is 35.5. The summed E-state index contributed by atoms with van der Waals surface area (Å²) in [5.74, 6) is 0.509. The van der Waals surface area contributed by atoms with E-state index in [1.807, 2.05) is 18.2 Å². The summed E-state index contributed by atoms with van der Waals surface area (Å²) in [5.41, 5.74) is 1.57. The van der Waals surface area contributed by atoms with Gasteiger partial charge in [-0.15, -0.1) is 0 Å². The zero-order chi connectivity index (χ0) is 16.1. The molecule has 0 unspecified atom stereocenters. The highest BCUT2D eigenvalue weighted by Crippen LogP contribution is 2.25. The van der Waals surface area contributed by atoms with Crippen molar-refractivity contribution < 1.29 is 9.13 Å². The number of halogens is 2. The second-order valence-electron chi connectivity index (χ2n) is 5.99. The first-order valence-corrected chi connectivity index (χ1v) is 8.48. The zero-order valence-corrected chi connectivity index (χ0v) is 13.8. The van der Waals surface area contributed by atoms with Crippen LogP contribution in [0.5, 0.6) is 5.75 Å². The van der Waals surface area contributed by atoms with Crippen LogP contribution in [0, 0.1) is 5.82 Å². The molecule has 0 aromatic heterocycles. The molecule has 23 heavy (non-hydrogen) atoms. The molecule has 1 aliphatic carbocycles. The van der Waals surface area contributed by atoms with Crippen LogP contribution in [0.15, 0.2) is 42.5 Å². The normalized spacial score (nSPS) is 15.0. The van der Waals surface area contributed by atoms with Gasteiger partial charge in [-0.25, -0.2) is 4.39 Å². The number of benzene rings is 2. The van der Waals surface area contributed by atoms with Gasteiger partial charge in [0.15, 0.2) is 0 Å². The van der Waals surface area contributed by atoms with Gasteiger partial charge in [0.25, 0.3) is 0 Å². The molecule has 1 saturated carbocycles. The molecule has 0 atom stereocenters. The zero-order valence-electron chi connectivity index (χ0n) is 13.0. The third-order valence-electron chi connectivity index (χ3n) is 4.30. The lowest BCUT2D eigenvalue weighted by atomic mass is 10.1. The molecule has 0 heterocycles. The van der Waals surface area contributed by atoms with E-state index in [1.54, 1.807) is 18.2 Å². The minimum absolute atomic E-state index is 0.213. The summed E-state index contributed by atoms with van der Waals surface area (Å²) in [6.07, 6.45) is 5.05. The fraction of sp³-hybridized carbons (Fsp3) is 0.368. The summed E-state index contributed by atoms with van der Waals surface area (Å²) < 4.78 is 19.5. The summed E-state index contributed by atoms with van der Waals surface area (Å²) in [6, 6.07) is 12.8. The highest BCUT2D eigenvalue weighted by molar-refractivity contribution is 6.30. The fourth-order valence-electron chi connectivity index (χ4n) is 2.98. The second-order valence-corrected chi connectivity index (χ2v) is 6.43. The van der Waals surface area contributed by atoms with Crippen molar-refractivity contribution in [3.8, 4) is 5.75 Å². The largest absolute Gasteiger partial charge is 0.488 e. The first-order valence-electron chi connectivity index (χ1n) is 8.10. The van der Waals surface area contributed by atoms with E-state index in [2.05, 4.69) is 5.32 Å². The average Bonchev–Trinajstić information content (AvgIpc) is 3.07. The van der Waals surface area contributed by atoms with E-state index in [1.165, 1.54) is 31.7 Å². The van der Waals surface area contributed by atoms with Crippen molar-refractivity contribution in [3.63, 3.8) is 0 Å². The van der Waals surface area contributed by atoms with E-state index in [0.717, 1.165) is 17.9 Å². The highest BCUT2D eigenvalue weighted by Gasteiger charge is 2.15. The van der Waals surface area contributed by atoms with Gasteiger partial charge in [0.1, 0.15) is 18.2 Å². The molecule has 1 N–H and O–H groups in total. The van der Waals surface area contributed by atoms with E-state index < -0.39 is 0 Å². The van der Waals surface area contributed by atoms with Gasteiger partial charge in [0.05, 0.1) is 0 Å². The molecule has 0 saturated heterocycles. The fourth-order valence-corrected chi connectivity index (χ4v) is 3.18. The number of nitrogens with one attached hydrogen (secondary N) is 1. The maximum Gasteiger partial charge on any atom is 0.129 e. The van der Waals surface area contributed by atoms with Crippen LogP contribution in [-0.4, -0.2) is 6.04 Å². The molecule has 3 rings (SSSR count). The summed E-state index contributed by atoms with van der Waals surface area (Å²) in [6.45, 7) is 0.933. The number of hydrogen-bond donors (Lipinski definition) is 1. The van der Waals surface area contributed by atoms with Crippen LogP contribution < -0.4 is 10.1 Å². The predicted molar refractivity (Wildman–Crippen MR) is 91.3 cm³/mol. The Morgan fingerprint density at radius 1 is 1.09 bits per heavy atom. The Hall–Kier alpha value is -1.58. The van der Waals surface area contributed by atoms with Gasteiger partial charge in [0, 0.05) is 28.7 Å². The van der Waals surface area contributed by atoms with Gasteiger partial charge < -0.3 is 10.1 Å². The minimum Gasteiger partial charge on any atom is -0.488 e. The first kappa shape index (κ1) is 16.3. The van der Waals surface area contributed by atoms with Crippen molar-refractivity contribution in [2.75, 3.05) is 0 Å². The van der Waals surface area contributed by atoms with Gasteiger partial charge in [0.2, 0.25) is 0 Å². The standard InChI is InChI=1S/C19H21ClFNO/c20-16-9-10-19(23-13-14-5-1-4-8-18(14)21)15(11-16)12-22-17-6-2-3-7-17/h1,4-5,8-11,17,22H,2-3,6-7,12-13H2. The van der Waals surface area contributed by atoms with Crippen LogP contribution in [-0.2, 0) is 13.2 Å². The molecular weight excluding hydrogens is 313 g/mol. The van der Waals surface area contributed by atoms with Crippen LogP contribution in [0.4, 0.5) is 4.39 Å². The Morgan fingerprint density at radius 3 is 2.65 bits per heavy atom. The SMILES string of the molecule is Fc1ccccc1COc1ccc(Cl)cc1CNC1CCCC1. The monoisotopic (exact) mass is 333 g/mol. The lowest BCUT2D eigenvalue weighted by Crippen LogP contribution is -2.25. The summed E-state index contributed by atoms with van der Waals surface area (Å²) in [7, 11) is 0.